The van der Waals surface area contributed by atoms with Gasteiger partial charge in [-0.3, -0.25) is 14.2 Å². The molecule has 0 saturated heterocycles. The van der Waals surface area contributed by atoms with Gasteiger partial charge in [0.1, 0.15) is 5.75 Å². The van der Waals surface area contributed by atoms with E-state index in [1.54, 1.807) is 34.9 Å². The van der Waals surface area contributed by atoms with Crippen molar-refractivity contribution in [3.05, 3.63) is 94.8 Å². The van der Waals surface area contributed by atoms with E-state index in [0.29, 0.717) is 22.6 Å². The van der Waals surface area contributed by atoms with E-state index in [-0.39, 0.29) is 22.7 Å². The molecule has 4 aromatic rings. The molecule has 0 radical (unpaired) electrons. The Morgan fingerprint density at radius 1 is 1.00 bits per heavy atom. The van der Waals surface area contributed by atoms with Gasteiger partial charge in [0.2, 0.25) is 5.91 Å². The first-order valence-electron chi connectivity index (χ1n) is 11.0. The molecule has 0 unspecified atom stereocenters. The number of fused-ring (bicyclic) bond motifs is 1. The average Bonchev–Trinajstić information content (AvgIpc) is 2.86. The van der Waals surface area contributed by atoms with E-state index in [2.05, 4.69) is 15.0 Å². The molecular weight excluding hydrogens is 472 g/mol. The molecule has 0 aliphatic rings. The van der Waals surface area contributed by atoms with Crippen LogP contribution in [0, 0.1) is 0 Å². The number of nitrogens with zero attached hydrogens (tertiary/aromatic N) is 2. The molecule has 0 spiro atoms. The van der Waals surface area contributed by atoms with Gasteiger partial charge < -0.3 is 10.1 Å². The Labute approximate surface area is 205 Å². The van der Waals surface area contributed by atoms with Gasteiger partial charge in [0.25, 0.3) is 5.56 Å². The number of carbonyl (C=O) groups is 1. The topological polar surface area (TPSA) is 73.2 Å². The summed E-state index contributed by atoms with van der Waals surface area (Å²) in [6, 6.07) is 23.0. The summed E-state index contributed by atoms with van der Waals surface area (Å²) in [6.45, 7) is -2.56. The van der Waals surface area contributed by atoms with Crippen molar-refractivity contribution in [2.24, 2.45) is 0 Å². The Bertz CT molecular complexity index is 1360. The van der Waals surface area contributed by atoms with Crippen LogP contribution in [0.5, 0.6) is 5.75 Å². The Balaban J connectivity index is 1.50. The monoisotopic (exact) mass is 495 g/mol. The van der Waals surface area contributed by atoms with Crippen LogP contribution in [0.15, 0.2) is 88.8 Å². The van der Waals surface area contributed by atoms with E-state index >= 15 is 0 Å². The number of hydrogen-bond acceptors (Lipinski definition) is 5. The maximum Gasteiger partial charge on any atom is 0.387 e. The minimum absolute atomic E-state index is 0.0630. The molecular formula is C26H23F2N3O3S. The zero-order valence-electron chi connectivity index (χ0n) is 18.7. The zero-order chi connectivity index (χ0) is 24.6. The lowest BCUT2D eigenvalue weighted by Gasteiger charge is -2.14. The van der Waals surface area contributed by atoms with Gasteiger partial charge >= 0.3 is 6.61 Å². The molecule has 1 N–H and O–H groups in total. The number of aromatic nitrogens is 2. The Kier molecular flexibility index (Phi) is 8.10. The summed E-state index contributed by atoms with van der Waals surface area (Å²) in [5.41, 5.74) is 1.70. The van der Waals surface area contributed by atoms with Crippen LogP contribution in [-0.2, 0) is 17.8 Å². The van der Waals surface area contributed by atoms with Crippen molar-refractivity contribution in [1.29, 1.82) is 0 Å². The summed E-state index contributed by atoms with van der Waals surface area (Å²) in [5.74, 6) is -0.618. The minimum Gasteiger partial charge on any atom is -0.433 e. The van der Waals surface area contributed by atoms with E-state index in [9.17, 15) is 18.4 Å². The average molecular weight is 496 g/mol. The lowest BCUT2D eigenvalue weighted by molar-refractivity contribution is -0.113. The first-order chi connectivity index (χ1) is 17.0. The number of hydrogen-bond donors (Lipinski definition) is 1. The maximum absolute atomic E-state index is 13.2. The number of anilines is 1. The van der Waals surface area contributed by atoms with Gasteiger partial charge in [-0.1, -0.05) is 66.4 Å². The normalized spacial score (nSPS) is 11.1. The summed E-state index contributed by atoms with van der Waals surface area (Å²) >= 11 is 1.12. The number of ether oxygens (including phenoxy) is 1. The highest BCUT2D eigenvalue weighted by atomic mass is 32.2. The molecule has 0 aliphatic heterocycles. The molecule has 6 nitrogen and oxygen atoms in total. The van der Waals surface area contributed by atoms with Crippen molar-refractivity contribution in [2.45, 2.75) is 31.2 Å². The van der Waals surface area contributed by atoms with Crippen molar-refractivity contribution in [3.63, 3.8) is 0 Å². The number of aryl methyl sites for hydroxylation is 1. The number of carbonyl (C=O) groups excluding carboxylic acids is 1. The van der Waals surface area contributed by atoms with Crippen LogP contribution < -0.4 is 15.6 Å². The van der Waals surface area contributed by atoms with E-state index < -0.39 is 12.5 Å². The lowest BCUT2D eigenvalue weighted by atomic mass is 10.1. The molecule has 180 valence electrons. The fourth-order valence-electron chi connectivity index (χ4n) is 3.63. The molecule has 0 saturated carbocycles. The number of thioether (sulfide) groups is 1. The predicted molar refractivity (Wildman–Crippen MR) is 133 cm³/mol. The van der Waals surface area contributed by atoms with E-state index in [1.165, 1.54) is 23.8 Å². The number of halogens is 2. The van der Waals surface area contributed by atoms with Gasteiger partial charge in [-0.05, 0) is 42.7 Å². The molecule has 1 heterocycles. The van der Waals surface area contributed by atoms with Crippen LogP contribution in [0.25, 0.3) is 10.9 Å². The van der Waals surface area contributed by atoms with Gasteiger partial charge in [0, 0.05) is 6.54 Å². The van der Waals surface area contributed by atoms with Crippen LogP contribution >= 0.6 is 11.8 Å². The quantitative estimate of drug-likeness (QED) is 0.237. The highest BCUT2D eigenvalue weighted by Crippen LogP contribution is 2.26. The third-order valence-corrected chi connectivity index (χ3v) is 6.20. The molecule has 3 aromatic carbocycles. The molecule has 0 bridgehead atoms. The predicted octanol–water partition coefficient (Wildman–Crippen LogP) is 5.36. The van der Waals surface area contributed by atoms with Crippen LogP contribution in [-0.4, -0.2) is 27.8 Å². The SMILES string of the molecule is O=C(CSc1nc2ccccc2c(=O)n1CCCc1ccccc1)Nc1ccccc1OC(F)F. The van der Waals surface area contributed by atoms with Crippen molar-refractivity contribution in [3.8, 4) is 5.75 Å². The van der Waals surface area contributed by atoms with Crippen LogP contribution in [0.4, 0.5) is 14.5 Å². The number of nitrogens with one attached hydrogen (secondary N) is 1. The minimum atomic E-state index is -3.01. The molecule has 0 atom stereocenters. The molecule has 0 fully saturated rings. The summed E-state index contributed by atoms with van der Waals surface area (Å²) in [4.78, 5) is 30.4. The number of alkyl halides is 2. The summed E-state index contributed by atoms with van der Waals surface area (Å²) in [6.07, 6.45) is 1.52. The molecule has 0 aliphatic carbocycles. The Morgan fingerprint density at radius 3 is 2.51 bits per heavy atom. The van der Waals surface area contributed by atoms with Crippen LogP contribution in [0.3, 0.4) is 0 Å². The Morgan fingerprint density at radius 2 is 1.71 bits per heavy atom. The van der Waals surface area contributed by atoms with Crippen molar-refractivity contribution in [2.75, 3.05) is 11.1 Å². The zero-order valence-corrected chi connectivity index (χ0v) is 19.5. The highest BCUT2D eigenvalue weighted by molar-refractivity contribution is 7.99. The summed E-state index contributed by atoms with van der Waals surface area (Å²) in [5, 5.41) is 3.53. The first kappa shape index (κ1) is 24.4. The standard InChI is InChI=1S/C26H23F2N3O3S/c27-25(28)34-22-15-7-6-14-21(22)29-23(32)17-35-26-30-20-13-5-4-12-19(20)24(33)31(26)16-8-11-18-9-2-1-3-10-18/h1-7,9-10,12-15,25H,8,11,16-17H2,(H,29,32). The van der Waals surface area contributed by atoms with Crippen LogP contribution in [0.2, 0.25) is 0 Å². The third kappa shape index (κ3) is 6.45. The van der Waals surface area contributed by atoms with E-state index in [4.69, 9.17) is 0 Å². The third-order valence-electron chi connectivity index (χ3n) is 5.23. The van der Waals surface area contributed by atoms with Crippen LogP contribution in [0.1, 0.15) is 12.0 Å². The second kappa shape index (κ2) is 11.6. The first-order valence-corrected chi connectivity index (χ1v) is 12.0. The number of benzene rings is 3. The van der Waals surface area contributed by atoms with Gasteiger partial charge in [0.15, 0.2) is 5.16 Å². The van der Waals surface area contributed by atoms with Crippen molar-refractivity contribution < 1.29 is 18.3 Å². The summed E-state index contributed by atoms with van der Waals surface area (Å²) in [7, 11) is 0. The smallest absolute Gasteiger partial charge is 0.387 e. The second-order valence-electron chi connectivity index (χ2n) is 7.67. The molecule has 35 heavy (non-hydrogen) atoms. The fraction of sp³-hybridized carbons (Fsp3) is 0.192. The highest BCUT2D eigenvalue weighted by Gasteiger charge is 2.15. The second-order valence-corrected chi connectivity index (χ2v) is 8.61. The molecule has 9 heteroatoms. The van der Waals surface area contributed by atoms with Crippen molar-refractivity contribution in [1.82, 2.24) is 9.55 Å². The maximum atomic E-state index is 13.2. The van der Waals surface area contributed by atoms with Gasteiger partial charge in [-0.15, -0.1) is 0 Å². The van der Waals surface area contributed by atoms with Gasteiger partial charge in [-0.2, -0.15) is 8.78 Å². The number of amides is 1. The fourth-order valence-corrected chi connectivity index (χ4v) is 4.45. The largest absolute Gasteiger partial charge is 0.433 e. The molecule has 1 aromatic heterocycles. The summed E-state index contributed by atoms with van der Waals surface area (Å²) < 4.78 is 31.4. The lowest BCUT2D eigenvalue weighted by Crippen LogP contribution is -2.24. The number of para-hydroxylation sites is 3. The van der Waals surface area contributed by atoms with Crippen molar-refractivity contribution >= 4 is 34.3 Å². The Hall–Kier alpha value is -3.72. The van der Waals surface area contributed by atoms with Gasteiger partial charge in [0.05, 0.1) is 22.3 Å². The molecule has 1 amide bonds. The van der Waals surface area contributed by atoms with Gasteiger partial charge in [-0.25, -0.2) is 4.98 Å². The molecule has 4 rings (SSSR count). The number of rotatable bonds is 10. The van der Waals surface area contributed by atoms with E-state index in [1.807, 2.05) is 30.3 Å². The van der Waals surface area contributed by atoms with E-state index in [0.717, 1.165) is 24.6 Å².